The Morgan fingerprint density at radius 2 is 1.58 bits per heavy atom. The number of rotatable bonds is 4. The summed E-state index contributed by atoms with van der Waals surface area (Å²) in [6.07, 6.45) is -4.98. The van der Waals surface area contributed by atoms with Crippen LogP contribution in [0.2, 0.25) is 10.0 Å². The van der Waals surface area contributed by atoms with Crippen LogP contribution in [-0.2, 0) is 0 Å². The van der Waals surface area contributed by atoms with E-state index in [1.807, 2.05) is 0 Å². The third kappa shape index (κ3) is 4.06. The fraction of sp³-hybridized carbons (Fsp3) is 0.250. The number of hydrogen-bond acceptors (Lipinski definition) is 3. The van der Waals surface area contributed by atoms with E-state index in [9.17, 15) is 13.2 Å². The Balaban J connectivity index is 1.95. The molecule has 1 aliphatic heterocycles. The van der Waals surface area contributed by atoms with Gasteiger partial charge in [0.15, 0.2) is 11.5 Å². The van der Waals surface area contributed by atoms with E-state index in [1.165, 1.54) is 12.1 Å². The minimum Gasteiger partial charge on any atom is -0.484 e. The van der Waals surface area contributed by atoms with Crippen molar-refractivity contribution in [2.75, 3.05) is 13.1 Å². The monoisotopic (exact) mass is 377 g/mol. The second-order valence-electron chi connectivity index (χ2n) is 5.24. The van der Waals surface area contributed by atoms with Crippen LogP contribution < -0.4 is 14.8 Å². The Kier molecular flexibility index (Phi) is 4.80. The lowest BCUT2D eigenvalue weighted by Gasteiger charge is -2.28. The highest BCUT2D eigenvalue weighted by molar-refractivity contribution is 6.42. The molecule has 0 unspecified atom stereocenters. The maximum atomic E-state index is 12.7. The molecule has 128 valence electrons. The molecule has 8 heteroatoms. The van der Waals surface area contributed by atoms with Gasteiger partial charge in [0.2, 0.25) is 0 Å². The molecule has 0 spiro atoms. The lowest BCUT2D eigenvalue weighted by atomic mass is 10.1. The summed E-state index contributed by atoms with van der Waals surface area (Å²) in [6.45, 7) is 1.17. The average Bonchev–Trinajstić information content (AvgIpc) is 2.45. The maximum Gasteiger partial charge on any atom is 0.573 e. The van der Waals surface area contributed by atoms with Gasteiger partial charge >= 0.3 is 6.36 Å². The number of ether oxygens (including phenoxy) is 2. The quantitative estimate of drug-likeness (QED) is 0.820. The van der Waals surface area contributed by atoms with Crippen LogP contribution in [0.5, 0.6) is 11.5 Å². The van der Waals surface area contributed by atoms with Gasteiger partial charge in [-0.3, -0.25) is 0 Å². The van der Waals surface area contributed by atoms with Crippen molar-refractivity contribution in [3.8, 4) is 22.6 Å². The topological polar surface area (TPSA) is 30.5 Å². The van der Waals surface area contributed by atoms with Gasteiger partial charge in [-0.15, -0.1) is 13.2 Å². The molecule has 0 aliphatic carbocycles. The molecular formula is C16H12Cl2F3NO2. The number of hydrogen-bond donors (Lipinski definition) is 1. The second-order valence-corrected chi connectivity index (χ2v) is 6.05. The second kappa shape index (κ2) is 6.70. The van der Waals surface area contributed by atoms with Crippen LogP contribution in [0.25, 0.3) is 11.1 Å². The Morgan fingerprint density at radius 1 is 0.917 bits per heavy atom. The molecule has 24 heavy (non-hydrogen) atoms. The van der Waals surface area contributed by atoms with Crippen LogP contribution in [0.15, 0.2) is 36.4 Å². The average molecular weight is 378 g/mol. The third-order valence-corrected chi connectivity index (χ3v) is 4.20. The summed E-state index contributed by atoms with van der Waals surface area (Å²) in [5.41, 5.74) is 1.13. The van der Waals surface area contributed by atoms with E-state index in [4.69, 9.17) is 27.9 Å². The molecule has 2 aromatic rings. The van der Waals surface area contributed by atoms with E-state index in [0.29, 0.717) is 34.3 Å². The first-order valence-electron chi connectivity index (χ1n) is 7.04. The Labute approximate surface area is 146 Å². The van der Waals surface area contributed by atoms with Gasteiger partial charge in [-0.1, -0.05) is 35.3 Å². The van der Waals surface area contributed by atoms with Crippen LogP contribution in [-0.4, -0.2) is 25.6 Å². The van der Waals surface area contributed by atoms with Gasteiger partial charge in [0.05, 0.1) is 10.0 Å². The first-order valence-corrected chi connectivity index (χ1v) is 7.80. The molecule has 3 rings (SSSR count). The summed E-state index contributed by atoms with van der Waals surface area (Å²) < 4.78 is 47.7. The summed E-state index contributed by atoms with van der Waals surface area (Å²) in [5, 5.41) is 3.66. The normalized spacial score (nSPS) is 15.0. The van der Waals surface area contributed by atoms with E-state index in [2.05, 4.69) is 10.1 Å². The molecule has 0 amide bonds. The van der Waals surface area contributed by atoms with Gasteiger partial charge in [0.25, 0.3) is 0 Å². The fourth-order valence-corrected chi connectivity index (χ4v) is 2.49. The fourth-order valence-electron chi connectivity index (χ4n) is 2.19. The van der Waals surface area contributed by atoms with Gasteiger partial charge in [0, 0.05) is 13.1 Å². The van der Waals surface area contributed by atoms with Gasteiger partial charge < -0.3 is 14.8 Å². The van der Waals surface area contributed by atoms with E-state index in [1.54, 1.807) is 24.3 Å². The van der Waals surface area contributed by atoms with Crippen LogP contribution in [0.4, 0.5) is 13.2 Å². The highest BCUT2D eigenvalue weighted by atomic mass is 35.5. The highest BCUT2D eigenvalue weighted by Crippen LogP contribution is 2.38. The first-order chi connectivity index (χ1) is 11.3. The molecule has 0 saturated carbocycles. The number of halogens is 5. The van der Waals surface area contributed by atoms with Crippen molar-refractivity contribution in [3.63, 3.8) is 0 Å². The van der Waals surface area contributed by atoms with Gasteiger partial charge in [-0.05, 0) is 35.4 Å². The van der Waals surface area contributed by atoms with E-state index >= 15 is 0 Å². The zero-order valence-corrected chi connectivity index (χ0v) is 13.7. The predicted octanol–water partition coefficient (Wildman–Crippen LogP) is 4.91. The van der Waals surface area contributed by atoms with E-state index in [0.717, 1.165) is 0 Å². The largest absolute Gasteiger partial charge is 0.573 e. The summed E-state index contributed by atoms with van der Waals surface area (Å²) in [7, 11) is 0. The Bertz CT molecular complexity index is 749. The third-order valence-electron chi connectivity index (χ3n) is 3.46. The van der Waals surface area contributed by atoms with Crippen molar-refractivity contribution in [1.29, 1.82) is 0 Å². The number of nitrogens with one attached hydrogen (secondary N) is 1. The van der Waals surface area contributed by atoms with Crippen LogP contribution in [0.1, 0.15) is 0 Å². The molecule has 0 bridgehead atoms. The van der Waals surface area contributed by atoms with E-state index in [-0.39, 0.29) is 11.9 Å². The van der Waals surface area contributed by atoms with Crippen LogP contribution in [0, 0.1) is 0 Å². The zero-order chi connectivity index (χ0) is 17.3. The lowest BCUT2D eigenvalue weighted by molar-refractivity contribution is -0.275. The standard InChI is InChI=1S/C16H12Cl2F3NO2/c17-12-3-1-9(5-13(12)18)10-2-4-14(23-11-7-22-8-11)15(6-10)24-16(19,20)21/h1-6,11,22H,7-8H2. The summed E-state index contributed by atoms with van der Waals surface area (Å²) >= 11 is 11.8. The van der Waals surface area contributed by atoms with Gasteiger partial charge in [-0.25, -0.2) is 0 Å². The van der Waals surface area contributed by atoms with Crippen LogP contribution >= 0.6 is 23.2 Å². The van der Waals surface area contributed by atoms with Crippen molar-refractivity contribution < 1.29 is 22.6 Å². The Morgan fingerprint density at radius 3 is 2.17 bits per heavy atom. The molecule has 1 fully saturated rings. The zero-order valence-electron chi connectivity index (χ0n) is 12.2. The van der Waals surface area contributed by atoms with Crippen molar-refractivity contribution in [2.45, 2.75) is 12.5 Å². The van der Waals surface area contributed by atoms with Crippen molar-refractivity contribution in [3.05, 3.63) is 46.4 Å². The molecular weight excluding hydrogens is 366 g/mol. The Hall–Kier alpha value is -1.63. The lowest BCUT2D eigenvalue weighted by Crippen LogP contribution is -2.50. The van der Waals surface area contributed by atoms with Gasteiger partial charge in [-0.2, -0.15) is 0 Å². The molecule has 0 radical (unpaired) electrons. The predicted molar refractivity (Wildman–Crippen MR) is 85.9 cm³/mol. The minimum absolute atomic E-state index is 0.0441. The molecule has 0 aromatic heterocycles. The molecule has 0 atom stereocenters. The summed E-state index contributed by atoms with van der Waals surface area (Å²) in [5.74, 6) is -0.347. The van der Waals surface area contributed by atoms with Crippen molar-refractivity contribution in [2.24, 2.45) is 0 Å². The molecule has 2 aromatic carbocycles. The highest BCUT2D eigenvalue weighted by Gasteiger charge is 2.33. The summed E-state index contributed by atoms with van der Waals surface area (Å²) in [4.78, 5) is 0. The number of benzene rings is 2. The SMILES string of the molecule is FC(F)(F)Oc1cc(-c2ccc(Cl)c(Cl)c2)ccc1OC1CNC1. The number of alkyl halides is 3. The molecule has 3 nitrogen and oxygen atoms in total. The molecule has 1 heterocycles. The summed E-state index contributed by atoms with van der Waals surface area (Å²) in [6, 6.07) is 9.19. The molecule has 1 aliphatic rings. The molecule has 1 N–H and O–H groups in total. The smallest absolute Gasteiger partial charge is 0.484 e. The molecule has 1 saturated heterocycles. The van der Waals surface area contributed by atoms with Crippen LogP contribution in [0.3, 0.4) is 0 Å². The maximum absolute atomic E-state index is 12.7. The van der Waals surface area contributed by atoms with Crippen molar-refractivity contribution >= 4 is 23.2 Å². The first kappa shape index (κ1) is 17.2. The van der Waals surface area contributed by atoms with Crippen molar-refractivity contribution in [1.82, 2.24) is 5.32 Å². The minimum atomic E-state index is -4.81. The van der Waals surface area contributed by atoms with Gasteiger partial charge in [0.1, 0.15) is 6.10 Å². The van der Waals surface area contributed by atoms with E-state index < -0.39 is 12.1 Å².